The lowest BCUT2D eigenvalue weighted by Gasteiger charge is -2.19. The predicted molar refractivity (Wildman–Crippen MR) is 92.7 cm³/mol. The SMILES string of the molecule is NC(=O)Nc1ccccc1S(=O)(=O)N=C1CCc2ccccc2N1. The molecule has 0 saturated carbocycles. The summed E-state index contributed by atoms with van der Waals surface area (Å²) in [4.78, 5) is 10.9. The zero-order valence-electron chi connectivity index (χ0n) is 12.7. The number of nitrogens with one attached hydrogen (secondary N) is 2. The molecule has 0 unspecified atom stereocenters. The Kier molecular flexibility index (Phi) is 4.22. The van der Waals surface area contributed by atoms with Gasteiger partial charge in [0.1, 0.15) is 10.7 Å². The van der Waals surface area contributed by atoms with Crippen LogP contribution in [0, 0.1) is 0 Å². The van der Waals surface area contributed by atoms with Gasteiger partial charge in [-0.05, 0) is 30.2 Å². The van der Waals surface area contributed by atoms with E-state index in [1.807, 2.05) is 24.3 Å². The number of fused-ring (bicyclic) bond motifs is 1. The molecule has 24 heavy (non-hydrogen) atoms. The summed E-state index contributed by atoms with van der Waals surface area (Å²) < 4.78 is 29.1. The molecular formula is C16H16N4O3S. The molecule has 1 heterocycles. The number of hydrogen-bond acceptors (Lipinski definition) is 3. The Morgan fingerprint density at radius 3 is 2.58 bits per heavy atom. The van der Waals surface area contributed by atoms with Gasteiger partial charge in [0.05, 0.1) is 5.69 Å². The number of nitrogens with zero attached hydrogens (tertiary/aromatic N) is 1. The predicted octanol–water partition coefficient (Wildman–Crippen LogP) is 2.32. The molecule has 0 spiro atoms. The van der Waals surface area contributed by atoms with Gasteiger partial charge in [0.25, 0.3) is 10.0 Å². The molecule has 124 valence electrons. The normalized spacial score (nSPS) is 15.4. The van der Waals surface area contributed by atoms with Crippen molar-refractivity contribution in [2.75, 3.05) is 10.6 Å². The molecule has 3 rings (SSSR count). The molecule has 2 aromatic rings. The number of rotatable bonds is 3. The average Bonchev–Trinajstić information content (AvgIpc) is 2.54. The van der Waals surface area contributed by atoms with Crippen LogP contribution in [0.4, 0.5) is 16.2 Å². The molecule has 0 aliphatic carbocycles. The number of urea groups is 1. The minimum atomic E-state index is -3.98. The van der Waals surface area contributed by atoms with Crippen molar-refractivity contribution >= 4 is 33.3 Å². The maximum atomic E-state index is 12.6. The molecule has 0 saturated heterocycles. The van der Waals surface area contributed by atoms with Crippen LogP contribution in [0.1, 0.15) is 12.0 Å². The average molecular weight is 344 g/mol. The first kappa shape index (κ1) is 16.0. The minimum Gasteiger partial charge on any atom is -0.351 e. The number of sulfonamides is 1. The van der Waals surface area contributed by atoms with E-state index < -0.39 is 16.1 Å². The minimum absolute atomic E-state index is 0.100. The molecule has 0 bridgehead atoms. The van der Waals surface area contributed by atoms with Crippen molar-refractivity contribution in [1.82, 2.24) is 0 Å². The van der Waals surface area contributed by atoms with Gasteiger partial charge in [0.2, 0.25) is 0 Å². The van der Waals surface area contributed by atoms with Gasteiger partial charge >= 0.3 is 6.03 Å². The van der Waals surface area contributed by atoms with Crippen LogP contribution in [0.5, 0.6) is 0 Å². The molecule has 2 aromatic carbocycles. The van der Waals surface area contributed by atoms with Crippen molar-refractivity contribution in [2.24, 2.45) is 10.1 Å². The first-order valence-electron chi connectivity index (χ1n) is 7.30. The molecule has 0 radical (unpaired) electrons. The second kappa shape index (κ2) is 6.32. The molecule has 0 fully saturated rings. The number of nitrogens with two attached hydrogens (primary N) is 1. The fraction of sp³-hybridized carbons (Fsp3) is 0.125. The Balaban J connectivity index is 1.94. The van der Waals surface area contributed by atoms with Crippen molar-refractivity contribution in [2.45, 2.75) is 17.7 Å². The van der Waals surface area contributed by atoms with Gasteiger partial charge < -0.3 is 16.4 Å². The zero-order chi connectivity index (χ0) is 17.2. The molecule has 7 nitrogen and oxygen atoms in total. The summed E-state index contributed by atoms with van der Waals surface area (Å²) in [5.74, 6) is 0.363. The fourth-order valence-electron chi connectivity index (χ4n) is 2.52. The largest absolute Gasteiger partial charge is 0.351 e. The van der Waals surface area contributed by atoms with E-state index >= 15 is 0 Å². The van der Waals surface area contributed by atoms with E-state index in [0.29, 0.717) is 18.7 Å². The van der Waals surface area contributed by atoms with Gasteiger partial charge in [-0.15, -0.1) is 4.40 Å². The van der Waals surface area contributed by atoms with Crippen molar-refractivity contribution in [1.29, 1.82) is 0 Å². The van der Waals surface area contributed by atoms with E-state index in [1.54, 1.807) is 12.1 Å². The lowest BCUT2D eigenvalue weighted by molar-refractivity contribution is 0.259. The number of aryl methyl sites for hydroxylation is 1. The van der Waals surface area contributed by atoms with Crippen molar-refractivity contribution in [3.8, 4) is 0 Å². The summed E-state index contributed by atoms with van der Waals surface area (Å²) in [6.45, 7) is 0. The fourth-order valence-corrected chi connectivity index (χ4v) is 3.69. The molecular weight excluding hydrogens is 328 g/mol. The summed E-state index contributed by atoms with van der Waals surface area (Å²) in [6, 6.07) is 12.8. The molecule has 4 N–H and O–H groups in total. The molecule has 8 heteroatoms. The van der Waals surface area contributed by atoms with Crippen LogP contribution in [0.15, 0.2) is 57.8 Å². The summed E-state index contributed by atoms with van der Waals surface area (Å²) in [7, 11) is -3.98. The number of benzene rings is 2. The lowest BCUT2D eigenvalue weighted by atomic mass is 10.0. The zero-order valence-corrected chi connectivity index (χ0v) is 13.5. The van der Waals surface area contributed by atoms with Gasteiger partial charge in [-0.2, -0.15) is 8.42 Å². The van der Waals surface area contributed by atoms with Crippen LogP contribution in [0.3, 0.4) is 0 Å². The standard InChI is InChI=1S/C16H16N4O3S/c17-16(21)19-13-7-3-4-8-14(13)24(22,23)20-15-10-9-11-5-1-2-6-12(11)18-15/h1-8H,9-10H2,(H,18,20)(H3,17,19,21). The van der Waals surface area contributed by atoms with Gasteiger partial charge in [-0.3, -0.25) is 0 Å². The number of amides is 2. The third kappa shape index (κ3) is 3.38. The maximum Gasteiger partial charge on any atom is 0.316 e. The Hall–Kier alpha value is -2.87. The third-order valence-electron chi connectivity index (χ3n) is 3.58. The number of carbonyl (C=O) groups excluding carboxylic acids is 1. The van der Waals surface area contributed by atoms with Crippen molar-refractivity contribution < 1.29 is 13.2 Å². The topological polar surface area (TPSA) is 114 Å². The lowest BCUT2D eigenvalue weighted by Crippen LogP contribution is -2.22. The second-order valence-corrected chi connectivity index (χ2v) is 6.85. The third-order valence-corrected chi connectivity index (χ3v) is 4.95. The van der Waals surface area contributed by atoms with Gasteiger partial charge in [-0.25, -0.2) is 4.79 Å². The van der Waals surface area contributed by atoms with E-state index in [1.165, 1.54) is 12.1 Å². The van der Waals surface area contributed by atoms with E-state index in [2.05, 4.69) is 15.0 Å². The van der Waals surface area contributed by atoms with Crippen LogP contribution in [-0.2, 0) is 16.4 Å². The summed E-state index contributed by atoms with van der Waals surface area (Å²) in [6.07, 6.45) is 1.19. The molecule has 1 aliphatic heterocycles. The van der Waals surface area contributed by atoms with Gasteiger partial charge in [0, 0.05) is 12.1 Å². The van der Waals surface area contributed by atoms with Gasteiger partial charge in [-0.1, -0.05) is 30.3 Å². The second-order valence-electron chi connectivity index (χ2n) is 5.28. The van der Waals surface area contributed by atoms with Crippen molar-refractivity contribution in [3.63, 3.8) is 0 Å². The smallest absolute Gasteiger partial charge is 0.316 e. The molecule has 2 amide bonds. The van der Waals surface area contributed by atoms with Crippen LogP contribution < -0.4 is 16.4 Å². The summed E-state index contributed by atoms with van der Waals surface area (Å²) in [5, 5.41) is 5.34. The highest BCUT2D eigenvalue weighted by atomic mass is 32.2. The first-order chi connectivity index (χ1) is 11.5. The summed E-state index contributed by atoms with van der Waals surface area (Å²) >= 11 is 0. The highest BCUT2D eigenvalue weighted by molar-refractivity contribution is 7.90. The Bertz CT molecular complexity index is 922. The number of anilines is 2. The molecule has 1 aliphatic rings. The van der Waals surface area contributed by atoms with Crippen molar-refractivity contribution in [3.05, 3.63) is 54.1 Å². The Labute approximate surface area is 139 Å². The van der Waals surface area contributed by atoms with E-state index in [9.17, 15) is 13.2 Å². The number of para-hydroxylation sites is 2. The maximum absolute atomic E-state index is 12.6. The number of primary amides is 1. The van der Waals surface area contributed by atoms with E-state index in [0.717, 1.165) is 11.3 Å². The summed E-state index contributed by atoms with van der Waals surface area (Å²) in [5.41, 5.74) is 7.15. The van der Waals surface area contributed by atoms with E-state index in [4.69, 9.17) is 5.73 Å². The number of amidine groups is 1. The Morgan fingerprint density at radius 2 is 1.79 bits per heavy atom. The number of hydrogen-bond donors (Lipinski definition) is 3. The quantitative estimate of drug-likeness (QED) is 0.793. The molecule has 0 aromatic heterocycles. The van der Waals surface area contributed by atoms with Crippen LogP contribution >= 0.6 is 0 Å². The first-order valence-corrected chi connectivity index (χ1v) is 8.74. The van der Waals surface area contributed by atoms with Gasteiger partial charge in [0.15, 0.2) is 0 Å². The molecule has 0 atom stereocenters. The van der Waals surface area contributed by atoms with Crippen LogP contribution in [0.2, 0.25) is 0 Å². The Morgan fingerprint density at radius 1 is 1.08 bits per heavy atom. The van der Waals surface area contributed by atoms with Crippen LogP contribution in [-0.4, -0.2) is 20.3 Å². The monoisotopic (exact) mass is 344 g/mol. The highest BCUT2D eigenvalue weighted by Crippen LogP contribution is 2.26. The van der Waals surface area contributed by atoms with Crippen LogP contribution in [0.25, 0.3) is 0 Å². The van der Waals surface area contributed by atoms with E-state index in [-0.39, 0.29) is 10.6 Å². The number of carbonyl (C=O) groups is 1. The highest BCUT2D eigenvalue weighted by Gasteiger charge is 2.21.